The van der Waals surface area contributed by atoms with Gasteiger partial charge in [-0.25, -0.2) is 0 Å². The third-order valence-electron chi connectivity index (χ3n) is 3.38. The zero-order valence-corrected chi connectivity index (χ0v) is 11.9. The van der Waals surface area contributed by atoms with E-state index in [-0.39, 0.29) is 0 Å². The summed E-state index contributed by atoms with van der Waals surface area (Å²) in [5.41, 5.74) is 11.8. The minimum absolute atomic E-state index is 0.566. The van der Waals surface area contributed by atoms with Crippen LogP contribution in [-0.2, 0) is 13.2 Å². The summed E-state index contributed by atoms with van der Waals surface area (Å²) in [7, 11) is 0. The van der Waals surface area contributed by atoms with E-state index in [0.717, 1.165) is 11.3 Å². The van der Waals surface area contributed by atoms with E-state index < -0.39 is 0 Å². The summed E-state index contributed by atoms with van der Waals surface area (Å²) in [6.07, 6.45) is 0. The zero-order chi connectivity index (χ0) is 13.8. The first kappa shape index (κ1) is 13.6. The zero-order valence-electron chi connectivity index (χ0n) is 11.9. The van der Waals surface area contributed by atoms with Gasteiger partial charge in [-0.05, 0) is 55.2 Å². The molecule has 0 heterocycles. The number of nitrogens with two attached hydrogens (primary N) is 1. The molecule has 0 aliphatic heterocycles. The van der Waals surface area contributed by atoms with Gasteiger partial charge in [-0.15, -0.1) is 0 Å². The molecule has 0 aromatic heterocycles. The third kappa shape index (κ3) is 3.36. The summed E-state index contributed by atoms with van der Waals surface area (Å²) in [6, 6.07) is 12.4. The lowest BCUT2D eigenvalue weighted by molar-refractivity contribution is 0.304. The minimum Gasteiger partial charge on any atom is -0.489 e. The van der Waals surface area contributed by atoms with Crippen LogP contribution in [0, 0.1) is 20.8 Å². The first-order chi connectivity index (χ1) is 9.10. The van der Waals surface area contributed by atoms with Crippen molar-refractivity contribution in [1.82, 2.24) is 0 Å². The molecule has 0 spiro atoms. The van der Waals surface area contributed by atoms with Crippen molar-refractivity contribution in [2.24, 2.45) is 5.73 Å². The van der Waals surface area contributed by atoms with E-state index in [4.69, 9.17) is 10.5 Å². The Hall–Kier alpha value is -1.80. The van der Waals surface area contributed by atoms with Gasteiger partial charge in [0, 0.05) is 6.54 Å². The Morgan fingerprint density at radius 1 is 0.947 bits per heavy atom. The van der Waals surface area contributed by atoms with E-state index in [1.807, 2.05) is 24.3 Å². The molecule has 0 saturated carbocycles. The number of rotatable bonds is 4. The Morgan fingerprint density at radius 2 is 1.53 bits per heavy atom. The Bertz CT molecular complexity index is 535. The third-order valence-corrected chi connectivity index (χ3v) is 3.38. The summed E-state index contributed by atoms with van der Waals surface area (Å²) in [5, 5.41) is 0. The molecule has 19 heavy (non-hydrogen) atoms. The van der Waals surface area contributed by atoms with Crippen molar-refractivity contribution in [3.05, 3.63) is 64.2 Å². The van der Waals surface area contributed by atoms with Crippen molar-refractivity contribution in [3.63, 3.8) is 0 Å². The fourth-order valence-corrected chi connectivity index (χ4v) is 2.31. The molecule has 0 saturated heterocycles. The molecule has 2 heteroatoms. The van der Waals surface area contributed by atoms with Crippen molar-refractivity contribution in [3.8, 4) is 5.75 Å². The van der Waals surface area contributed by atoms with Crippen LogP contribution in [0.25, 0.3) is 0 Å². The van der Waals surface area contributed by atoms with Gasteiger partial charge in [0.05, 0.1) is 0 Å². The van der Waals surface area contributed by atoms with E-state index in [0.29, 0.717) is 13.2 Å². The number of hydrogen-bond acceptors (Lipinski definition) is 2. The minimum atomic E-state index is 0.566. The lowest BCUT2D eigenvalue weighted by atomic mass is 10.0. The van der Waals surface area contributed by atoms with Crippen LogP contribution in [0.4, 0.5) is 0 Å². The maximum absolute atomic E-state index is 5.85. The monoisotopic (exact) mass is 255 g/mol. The van der Waals surface area contributed by atoms with Crippen molar-refractivity contribution < 1.29 is 4.74 Å². The lowest BCUT2D eigenvalue weighted by Gasteiger charge is -2.13. The number of hydrogen-bond donors (Lipinski definition) is 1. The smallest absolute Gasteiger partial charge is 0.119 e. The molecule has 2 aromatic carbocycles. The van der Waals surface area contributed by atoms with Crippen molar-refractivity contribution >= 4 is 0 Å². The van der Waals surface area contributed by atoms with Crippen LogP contribution in [-0.4, -0.2) is 0 Å². The van der Waals surface area contributed by atoms with E-state index in [1.54, 1.807) is 0 Å². The van der Waals surface area contributed by atoms with E-state index in [9.17, 15) is 0 Å². The first-order valence-corrected chi connectivity index (χ1v) is 6.58. The predicted octanol–water partition coefficient (Wildman–Crippen LogP) is 3.65. The number of aryl methyl sites for hydroxylation is 3. The van der Waals surface area contributed by atoms with Crippen molar-refractivity contribution in [2.75, 3.05) is 0 Å². The molecular formula is C17H21NO. The predicted molar refractivity (Wildman–Crippen MR) is 79.3 cm³/mol. The molecule has 0 unspecified atom stereocenters. The van der Waals surface area contributed by atoms with Crippen LogP contribution >= 0.6 is 0 Å². The second-order valence-electron chi connectivity index (χ2n) is 5.01. The molecule has 0 fully saturated rings. The van der Waals surface area contributed by atoms with Crippen molar-refractivity contribution in [2.45, 2.75) is 33.9 Å². The molecule has 0 aliphatic rings. The van der Waals surface area contributed by atoms with Gasteiger partial charge >= 0.3 is 0 Å². The van der Waals surface area contributed by atoms with Crippen LogP contribution in [0.3, 0.4) is 0 Å². The molecule has 2 rings (SSSR count). The molecule has 0 radical (unpaired) electrons. The molecule has 0 atom stereocenters. The maximum atomic E-state index is 5.85. The van der Waals surface area contributed by atoms with E-state index in [1.165, 1.54) is 22.3 Å². The summed E-state index contributed by atoms with van der Waals surface area (Å²) in [5.74, 6) is 0.886. The van der Waals surface area contributed by atoms with Gasteiger partial charge in [-0.1, -0.05) is 29.8 Å². The van der Waals surface area contributed by atoms with Gasteiger partial charge in [0.15, 0.2) is 0 Å². The first-order valence-electron chi connectivity index (χ1n) is 6.58. The fraction of sp³-hybridized carbons (Fsp3) is 0.294. The second kappa shape index (κ2) is 5.89. The molecular weight excluding hydrogens is 234 g/mol. The van der Waals surface area contributed by atoms with Gasteiger partial charge in [0.1, 0.15) is 12.4 Å². The summed E-state index contributed by atoms with van der Waals surface area (Å²) in [6.45, 7) is 7.57. The van der Waals surface area contributed by atoms with Crippen LogP contribution < -0.4 is 10.5 Å². The SMILES string of the molecule is Cc1cc(C)c(COc2ccc(CN)cc2)c(C)c1. The Labute approximate surface area is 115 Å². The highest BCUT2D eigenvalue weighted by atomic mass is 16.5. The Balaban J connectivity index is 2.10. The van der Waals surface area contributed by atoms with Gasteiger partial charge in [0.2, 0.25) is 0 Å². The van der Waals surface area contributed by atoms with Crippen LogP contribution in [0.2, 0.25) is 0 Å². The summed E-state index contributed by atoms with van der Waals surface area (Å²) in [4.78, 5) is 0. The van der Waals surface area contributed by atoms with E-state index >= 15 is 0 Å². The Kier molecular flexibility index (Phi) is 4.23. The van der Waals surface area contributed by atoms with Crippen LogP contribution in [0.15, 0.2) is 36.4 Å². The molecule has 0 bridgehead atoms. The Morgan fingerprint density at radius 3 is 2.05 bits per heavy atom. The quantitative estimate of drug-likeness (QED) is 0.905. The maximum Gasteiger partial charge on any atom is 0.119 e. The molecule has 2 N–H and O–H groups in total. The van der Waals surface area contributed by atoms with Gasteiger partial charge in [0.25, 0.3) is 0 Å². The molecule has 100 valence electrons. The second-order valence-corrected chi connectivity index (χ2v) is 5.01. The summed E-state index contributed by atoms with van der Waals surface area (Å²) < 4.78 is 5.85. The largest absolute Gasteiger partial charge is 0.489 e. The normalized spacial score (nSPS) is 10.5. The van der Waals surface area contributed by atoms with Gasteiger partial charge in [-0.2, -0.15) is 0 Å². The highest BCUT2D eigenvalue weighted by Crippen LogP contribution is 2.19. The van der Waals surface area contributed by atoms with E-state index in [2.05, 4.69) is 32.9 Å². The average molecular weight is 255 g/mol. The molecule has 2 nitrogen and oxygen atoms in total. The highest BCUT2D eigenvalue weighted by molar-refractivity contribution is 5.37. The molecule has 0 amide bonds. The standard InChI is InChI=1S/C17H21NO/c1-12-8-13(2)17(14(3)9-12)11-19-16-6-4-15(10-18)5-7-16/h4-9H,10-11,18H2,1-3H3. The summed E-state index contributed by atoms with van der Waals surface area (Å²) >= 11 is 0. The molecule has 2 aromatic rings. The average Bonchev–Trinajstić information content (AvgIpc) is 2.38. The van der Waals surface area contributed by atoms with Crippen LogP contribution in [0.5, 0.6) is 5.75 Å². The highest BCUT2D eigenvalue weighted by Gasteiger charge is 2.05. The number of ether oxygens (including phenoxy) is 1. The van der Waals surface area contributed by atoms with Crippen LogP contribution in [0.1, 0.15) is 27.8 Å². The lowest BCUT2D eigenvalue weighted by Crippen LogP contribution is -2.02. The van der Waals surface area contributed by atoms with Gasteiger partial charge in [-0.3, -0.25) is 0 Å². The topological polar surface area (TPSA) is 35.2 Å². The molecule has 0 aliphatic carbocycles. The fourth-order valence-electron chi connectivity index (χ4n) is 2.31. The van der Waals surface area contributed by atoms with Gasteiger partial charge < -0.3 is 10.5 Å². The number of benzene rings is 2. The van der Waals surface area contributed by atoms with Crippen molar-refractivity contribution in [1.29, 1.82) is 0 Å².